The zero-order valence-electron chi connectivity index (χ0n) is 25.9. The van der Waals surface area contributed by atoms with Crippen LogP contribution in [0.4, 0.5) is 4.79 Å². The summed E-state index contributed by atoms with van der Waals surface area (Å²) in [5, 5.41) is 15.9. The number of likely N-dealkylation sites (N-methyl/N-ethyl adjacent to an activating group) is 1. The normalized spacial score (nSPS) is 18.4. The molecule has 2 unspecified atom stereocenters. The minimum absolute atomic E-state index is 0.0581. The summed E-state index contributed by atoms with van der Waals surface area (Å²) in [6.07, 6.45) is 0.0366. The van der Waals surface area contributed by atoms with Gasteiger partial charge in [-0.05, 0) is 59.5 Å². The Bertz CT molecular complexity index is 1510. The van der Waals surface area contributed by atoms with E-state index in [9.17, 15) is 19.5 Å². The molecule has 2 atom stereocenters. The highest BCUT2D eigenvalue weighted by Gasteiger charge is 2.50. The van der Waals surface area contributed by atoms with E-state index in [1.807, 2.05) is 42.5 Å². The van der Waals surface area contributed by atoms with E-state index in [0.717, 1.165) is 22.4 Å². The second-order valence-electron chi connectivity index (χ2n) is 11.1. The molecule has 12 nitrogen and oxygen atoms in total. The molecular formula is C33H39N5O7. The largest absolute Gasteiger partial charge is 0.508 e. The lowest BCUT2D eigenvalue weighted by molar-refractivity contribution is -0.186. The SMILES string of the molecule is COc1ccc(CNC(=O)N2C3CN(CCc4ccc(OC)c(OC)c4)C(=O)C(Cc4ccc(O)cc4)N3C(=O)CN2C)cc1. The highest BCUT2D eigenvalue weighted by atomic mass is 16.5. The van der Waals surface area contributed by atoms with Gasteiger partial charge >= 0.3 is 6.03 Å². The molecule has 4 amide bonds. The third-order valence-corrected chi connectivity index (χ3v) is 8.23. The smallest absolute Gasteiger partial charge is 0.334 e. The van der Waals surface area contributed by atoms with Gasteiger partial charge in [-0.3, -0.25) is 9.59 Å². The molecule has 2 aliphatic rings. The van der Waals surface area contributed by atoms with Crippen LogP contribution in [0.25, 0.3) is 0 Å². The van der Waals surface area contributed by atoms with E-state index >= 15 is 0 Å². The van der Waals surface area contributed by atoms with Gasteiger partial charge in [0.1, 0.15) is 23.7 Å². The van der Waals surface area contributed by atoms with Crippen molar-refractivity contribution in [3.8, 4) is 23.0 Å². The number of hydrogen-bond donors (Lipinski definition) is 2. The molecule has 2 heterocycles. The number of hydrazine groups is 1. The summed E-state index contributed by atoms with van der Waals surface area (Å²) < 4.78 is 16.0. The molecule has 2 saturated heterocycles. The molecule has 2 N–H and O–H groups in total. The third-order valence-electron chi connectivity index (χ3n) is 8.23. The van der Waals surface area contributed by atoms with Crippen molar-refractivity contribution in [2.75, 3.05) is 48.0 Å². The number of ether oxygens (including phenoxy) is 3. The topological polar surface area (TPSA) is 124 Å². The van der Waals surface area contributed by atoms with Gasteiger partial charge in [0.05, 0.1) is 34.4 Å². The fourth-order valence-electron chi connectivity index (χ4n) is 5.86. The Balaban J connectivity index is 1.41. The summed E-state index contributed by atoms with van der Waals surface area (Å²) in [5.41, 5.74) is 2.62. The van der Waals surface area contributed by atoms with Gasteiger partial charge in [-0.15, -0.1) is 0 Å². The zero-order valence-corrected chi connectivity index (χ0v) is 25.9. The van der Waals surface area contributed by atoms with E-state index < -0.39 is 12.2 Å². The monoisotopic (exact) mass is 617 g/mol. The molecule has 238 valence electrons. The number of aromatic hydroxyl groups is 1. The van der Waals surface area contributed by atoms with E-state index in [4.69, 9.17) is 14.2 Å². The number of methoxy groups -OCH3 is 3. The summed E-state index contributed by atoms with van der Waals surface area (Å²) in [5.74, 6) is 1.60. The molecule has 5 rings (SSSR count). The Hall–Kier alpha value is -4.97. The van der Waals surface area contributed by atoms with Crippen LogP contribution in [0.1, 0.15) is 16.7 Å². The van der Waals surface area contributed by atoms with Gasteiger partial charge in [-0.1, -0.05) is 30.3 Å². The van der Waals surface area contributed by atoms with Crippen molar-refractivity contribution in [3.63, 3.8) is 0 Å². The number of hydrogen-bond acceptors (Lipinski definition) is 8. The van der Waals surface area contributed by atoms with E-state index in [-0.39, 0.29) is 49.7 Å². The number of phenols is 1. The van der Waals surface area contributed by atoms with E-state index in [1.54, 1.807) is 67.5 Å². The Morgan fingerprint density at radius 3 is 2.22 bits per heavy atom. The molecule has 12 heteroatoms. The second kappa shape index (κ2) is 13.8. The highest BCUT2D eigenvalue weighted by molar-refractivity contribution is 5.91. The first-order valence-electron chi connectivity index (χ1n) is 14.7. The number of urea groups is 1. The standard InChI is InChI=1S/C33H39N5O7/c1-35-21-31(40)37-27(17-22-5-10-25(39)11-6-22)32(41)36(16-15-23-9-14-28(44-3)29(18-23)45-4)20-30(37)38(35)33(42)34-19-24-7-12-26(43-2)13-8-24/h5-14,18,27,30,39H,15-17,19-21H2,1-4H3,(H,34,42). The summed E-state index contributed by atoms with van der Waals surface area (Å²) in [6, 6.07) is 18.4. The fourth-order valence-corrected chi connectivity index (χ4v) is 5.86. The molecule has 45 heavy (non-hydrogen) atoms. The van der Waals surface area contributed by atoms with E-state index in [0.29, 0.717) is 24.5 Å². The number of fused-ring (bicyclic) bond motifs is 1. The predicted octanol–water partition coefficient (Wildman–Crippen LogP) is 2.64. The second-order valence-corrected chi connectivity index (χ2v) is 11.1. The molecule has 0 aromatic heterocycles. The zero-order chi connectivity index (χ0) is 32.1. The molecular weight excluding hydrogens is 578 g/mol. The van der Waals surface area contributed by atoms with Crippen molar-refractivity contribution in [1.29, 1.82) is 0 Å². The molecule has 0 spiro atoms. The van der Waals surface area contributed by atoms with Gasteiger partial charge in [0.25, 0.3) is 0 Å². The van der Waals surface area contributed by atoms with Gasteiger partial charge < -0.3 is 34.4 Å². The van der Waals surface area contributed by atoms with Crippen molar-refractivity contribution in [2.45, 2.75) is 31.6 Å². The van der Waals surface area contributed by atoms with Crippen molar-refractivity contribution >= 4 is 17.8 Å². The van der Waals surface area contributed by atoms with Crippen molar-refractivity contribution in [2.24, 2.45) is 0 Å². The Morgan fingerprint density at radius 1 is 0.889 bits per heavy atom. The van der Waals surface area contributed by atoms with E-state index in [1.165, 1.54) is 5.01 Å². The maximum atomic E-state index is 14.1. The van der Waals surface area contributed by atoms with Gasteiger partial charge in [-0.25, -0.2) is 14.8 Å². The molecule has 2 fully saturated rings. The summed E-state index contributed by atoms with van der Waals surface area (Å²) in [4.78, 5) is 44.6. The van der Waals surface area contributed by atoms with Gasteiger partial charge in [-0.2, -0.15) is 0 Å². The number of nitrogens with zero attached hydrogens (tertiary/aromatic N) is 4. The lowest BCUT2D eigenvalue weighted by Gasteiger charge is -2.54. The first-order valence-corrected chi connectivity index (χ1v) is 14.7. The van der Waals surface area contributed by atoms with Crippen molar-refractivity contribution in [3.05, 3.63) is 83.4 Å². The van der Waals surface area contributed by atoms with Crippen LogP contribution in [0.3, 0.4) is 0 Å². The minimum Gasteiger partial charge on any atom is -0.508 e. The summed E-state index contributed by atoms with van der Waals surface area (Å²) in [6.45, 7) is 0.721. The van der Waals surface area contributed by atoms with Gasteiger partial charge in [0.2, 0.25) is 11.8 Å². The molecule has 3 aromatic carbocycles. The number of nitrogens with one attached hydrogen (secondary N) is 1. The number of carbonyl (C=O) groups excluding carboxylic acids is 3. The predicted molar refractivity (Wildman–Crippen MR) is 166 cm³/mol. The van der Waals surface area contributed by atoms with E-state index in [2.05, 4.69) is 5.32 Å². The maximum Gasteiger partial charge on any atom is 0.334 e. The molecule has 2 aliphatic heterocycles. The Morgan fingerprint density at radius 2 is 1.56 bits per heavy atom. The van der Waals surface area contributed by atoms with Gasteiger partial charge in [0.15, 0.2) is 11.5 Å². The fraction of sp³-hybridized carbons (Fsp3) is 0.364. The van der Waals surface area contributed by atoms with Crippen molar-refractivity contribution in [1.82, 2.24) is 25.1 Å². The average molecular weight is 618 g/mol. The molecule has 0 bridgehead atoms. The summed E-state index contributed by atoms with van der Waals surface area (Å²) in [7, 11) is 6.44. The van der Waals surface area contributed by atoms with Crippen LogP contribution >= 0.6 is 0 Å². The van der Waals surface area contributed by atoms with Crippen LogP contribution < -0.4 is 19.5 Å². The number of benzene rings is 3. The van der Waals surface area contributed by atoms with Crippen LogP contribution in [-0.2, 0) is 29.0 Å². The van der Waals surface area contributed by atoms with Crippen molar-refractivity contribution < 1.29 is 33.7 Å². The maximum absolute atomic E-state index is 14.1. The molecule has 3 aromatic rings. The van der Waals surface area contributed by atoms with Crippen LogP contribution in [0, 0.1) is 0 Å². The Labute approximate surface area is 262 Å². The number of amides is 4. The first kappa shape index (κ1) is 31.5. The number of piperazine rings is 1. The highest BCUT2D eigenvalue weighted by Crippen LogP contribution is 2.30. The molecule has 0 radical (unpaired) electrons. The Kier molecular flexibility index (Phi) is 9.62. The third kappa shape index (κ3) is 6.91. The molecule has 0 saturated carbocycles. The minimum atomic E-state index is -0.836. The van der Waals surface area contributed by atoms with Crippen LogP contribution in [0.15, 0.2) is 66.7 Å². The van der Waals surface area contributed by atoms with Crippen LogP contribution in [-0.4, -0.2) is 103 Å². The number of phenolic OH excluding ortho intramolecular Hbond substituents is 1. The lowest BCUT2D eigenvalue weighted by atomic mass is 9.98. The molecule has 0 aliphatic carbocycles. The number of rotatable bonds is 10. The summed E-state index contributed by atoms with van der Waals surface area (Å²) >= 11 is 0. The van der Waals surface area contributed by atoms with Crippen LogP contribution in [0.2, 0.25) is 0 Å². The quantitative estimate of drug-likeness (QED) is 0.356. The lowest BCUT2D eigenvalue weighted by Crippen LogP contribution is -2.76. The average Bonchev–Trinajstić information content (AvgIpc) is 3.05. The van der Waals surface area contributed by atoms with Crippen LogP contribution in [0.5, 0.6) is 23.0 Å². The first-order chi connectivity index (χ1) is 21.7. The van der Waals surface area contributed by atoms with Gasteiger partial charge in [0, 0.05) is 26.6 Å². The number of carbonyl (C=O) groups is 3.